The number of hydrogen-bond acceptors (Lipinski definition) is 3. The molecule has 0 aromatic rings. The third-order valence-corrected chi connectivity index (χ3v) is 0.627. The van der Waals surface area contributed by atoms with Crippen LogP contribution in [0.3, 0.4) is 0 Å². The average Bonchev–Trinajstić information content (AvgIpc) is 1.82. The average molecular weight is 129 g/mol. The van der Waals surface area contributed by atoms with E-state index in [1.54, 1.807) is 0 Å². The summed E-state index contributed by atoms with van der Waals surface area (Å²) in [6.07, 6.45) is 0.264. The van der Waals surface area contributed by atoms with E-state index in [0.29, 0.717) is 0 Å². The summed E-state index contributed by atoms with van der Waals surface area (Å²) in [6.45, 7) is 3.22. The summed E-state index contributed by atoms with van der Waals surface area (Å²) in [4.78, 5) is 19.7. The smallest absolute Gasteiger partial charge is 0.314 e. The van der Waals surface area contributed by atoms with Gasteiger partial charge in [-0.2, -0.15) is 0 Å². The summed E-state index contributed by atoms with van der Waals surface area (Å²) >= 11 is 0. The minimum Gasteiger partial charge on any atom is -0.352 e. The van der Waals surface area contributed by atoms with E-state index in [9.17, 15) is 9.70 Å². The molecule has 0 saturated heterocycles. The topological polar surface area (TPSA) is 84.6 Å². The van der Waals surface area contributed by atoms with Gasteiger partial charge in [0, 0.05) is 0 Å². The van der Waals surface area contributed by atoms with Crippen molar-refractivity contribution >= 4 is 6.03 Å². The number of hydrogen-bond donors (Lipinski definition) is 2. The Bertz CT molecular complexity index is 126. The van der Waals surface area contributed by atoms with E-state index in [0.717, 1.165) is 0 Å². The first kappa shape index (κ1) is 7.61. The van der Waals surface area contributed by atoms with Crippen molar-refractivity contribution in [1.82, 2.24) is 5.32 Å². The second-order valence-corrected chi connectivity index (χ2v) is 1.29. The highest BCUT2D eigenvalue weighted by atomic mass is 16.3. The summed E-state index contributed by atoms with van der Waals surface area (Å²) in [6, 6.07) is -0.792. The number of nitrogens with zero attached hydrogens (tertiary/aromatic N) is 1. The molecule has 9 heavy (non-hydrogen) atoms. The van der Waals surface area contributed by atoms with Crippen LogP contribution in [0.15, 0.2) is 17.8 Å². The molecule has 0 rings (SSSR count). The first-order valence-electron chi connectivity index (χ1n) is 2.21. The fourth-order valence-electron chi connectivity index (χ4n) is 0.274. The van der Waals surface area contributed by atoms with Crippen LogP contribution in [0.25, 0.3) is 0 Å². The quantitative estimate of drug-likeness (QED) is 0.413. The largest absolute Gasteiger partial charge is 0.352 e. The first-order chi connectivity index (χ1) is 4.20. The van der Waals surface area contributed by atoms with Crippen LogP contribution >= 0.6 is 0 Å². The molecule has 0 spiro atoms. The summed E-state index contributed by atoms with van der Waals surface area (Å²) in [5.74, 6) is 0. The maximum absolute atomic E-state index is 9.99. The van der Waals surface area contributed by atoms with Gasteiger partial charge in [0.05, 0.1) is 0 Å². The molecule has 5 nitrogen and oxygen atoms in total. The number of amides is 2. The minimum atomic E-state index is -0.914. The van der Waals surface area contributed by atoms with Gasteiger partial charge in [0.2, 0.25) is 0 Å². The molecule has 0 bridgehead atoms. The van der Waals surface area contributed by atoms with Crippen LogP contribution in [-0.2, 0) is 0 Å². The molecule has 0 saturated carbocycles. The Hall–Kier alpha value is -1.39. The Morgan fingerprint density at radius 3 is 2.56 bits per heavy atom. The molecule has 1 atom stereocenters. The van der Waals surface area contributed by atoms with Gasteiger partial charge in [0.15, 0.2) is 6.17 Å². The van der Waals surface area contributed by atoms with E-state index < -0.39 is 12.2 Å². The van der Waals surface area contributed by atoms with Gasteiger partial charge in [-0.05, 0) is 11.3 Å². The van der Waals surface area contributed by atoms with Crippen molar-refractivity contribution in [1.29, 1.82) is 0 Å². The molecule has 50 valence electrons. The van der Waals surface area contributed by atoms with Crippen LogP contribution in [-0.4, -0.2) is 12.2 Å². The van der Waals surface area contributed by atoms with Gasteiger partial charge in [-0.25, -0.2) is 4.79 Å². The maximum atomic E-state index is 9.99. The molecule has 0 radical (unpaired) electrons. The predicted octanol–water partition coefficient (Wildman–Crippen LogP) is -0.0668. The molecular weight excluding hydrogens is 122 g/mol. The second-order valence-electron chi connectivity index (χ2n) is 1.29. The van der Waals surface area contributed by atoms with Crippen molar-refractivity contribution in [3.63, 3.8) is 0 Å². The van der Waals surface area contributed by atoms with Crippen molar-refractivity contribution in [3.8, 4) is 0 Å². The standard InChI is InChI=1S/C4H7N3O2/c1-2-3(7-9)6-4(5)8/h2-3H,1H2,(H3,5,6,8). The van der Waals surface area contributed by atoms with Crippen LogP contribution in [0.5, 0.6) is 0 Å². The zero-order chi connectivity index (χ0) is 7.28. The van der Waals surface area contributed by atoms with E-state index in [-0.39, 0.29) is 0 Å². The second kappa shape index (κ2) is 3.59. The van der Waals surface area contributed by atoms with E-state index in [4.69, 9.17) is 0 Å². The Labute approximate surface area is 51.9 Å². The monoisotopic (exact) mass is 129 g/mol. The molecule has 3 N–H and O–H groups in total. The fraction of sp³-hybridized carbons (Fsp3) is 0.250. The molecule has 0 fully saturated rings. The first-order valence-corrected chi connectivity index (χ1v) is 2.21. The molecule has 5 heteroatoms. The number of carbonyl (C=O) groups excluding carboxylic acids is 1. The molecule has 0 aliphatic rings. The lowest BCUT2D eigenvalue weighted by Gasteiger charge is -2.00. The van der Waals surface area contributed by atoms with Gasteiger partial charge in [-0.15, -0.1) is 4.91 Å². The predicted molar refractivity (Wildman–Crippen MR) is 32.5 cm³/mol. The number of carbonyl (C=O) groups is 1. The highest BCUT2D eigenvalue weighted by Crippen LogP contribution is 1.82. The third-order valence-electron chi connectivity index (χ3n) is 0.627. The number of rotatable bonds is 3. The number of nitrogens with one attached hydrogen (secondary N) is 1. The molecule has 0 heterocycles. The van der Waals surface area contributed by atoms with Gasteiger partial charge in [-0.3, -0.25) is 0 Å². The van der Waals surface area contributed by atoms with E-state index in [1.807, 2.05) is 5.32 Å². The minimum absolute atomic E-state index is 0.792. The van der Waals surface area contributed by atoms with Gasteiger partial charge in [-0.1, -0.05) is 6.58 Å². The lowest BCUT2D eigenvalue weighted by Crippen LogP contribution is -2.35. The molecule has 0 aliphatic carbocycles. The van der Waals surface area contributed by atoms with Crippen LogP contribution in [0, 0.1) is 4.91 Å². The number of nitroso groups, excluding NO2 is 1. The summed E-state index contributed by atoms with van der Waals surface area (Å²) in [5, 5.41) is 4.49. The maximum Gasteiger partial charge on any atom is 0.314 e. The van der Waals surface area contributed by atoms with Crippen molar-refractivity contribution in [3.05, 3.63) is 17.6 Å². The molecular formula is C4H7N3O2. The van der Waals surface area contributed by atoms with Crippen LogP contribution in [0.2, 0.25) is 0 Å². The number of primary amides is 1. The normalized spacial score (nSPS) is 11.6. The Balaban J connectivity index is 3.68. The van der Waals surface area contributed by atoms with Gasteiger partial charge in [0.25, 0.3) is 0 Å². The van der Waals surface area contributed by atoms with Crippen molar-refractivity contribution in [2.75, 3.05) is 0 Å². The van der Waals surface area contributed by atoms with Gasteiger partial charge in [0.1, 0.15) is 0 Å². The summed E-state index contributed by atoms with van der Waals surface area (Å²) < 4.78 is 0. The van der Waals surface area contributed by atoms with E-state index in [2.05, 4.69) is 17.5 Å². The number of nitrogens with two attached hydrogens (primary N) is 1. The van der Waals surface area contributed by atoms with Crippen LogP contribution in [0.1, 0.15) is 0 Å². The van der Waals surface area contributed by atoms with Gasteiger partial charge < -0.3 is 11.1 Å². The molecule has 0 aromatic heterocycles. The van der Waals surface area contributed by atoms with Crippen LogP contribution in [0.4, 0.5) is 4.79 Å². The zero-order valence-corrected chi connectivity index (χ0v) is 4.70. The summed E-state index contributed by atoms with van der Waals surface area (Å²) in [5.41, 5.74) is 4.65. The zero-order valence-electron chi connectivity index (χ0n) is 4.70. The Morgan fingerprint density at radius 1 is 1.89 bits per heavy atom. The molecule has 1 unspecified atom stereocenters. The molecule has 0 aromatic carbocycles. The van der Waals surface area contributed by atoms with Gasteiger partial charge >= 0.3 is 6.03 Å². The lowest BCUT2D eigenvalue weighted by atomic mass is 10.5. The summed E-state index contributed by atoms with van der Waals surface area (Å²) in [7, 11) is 0. The third kappa shape index (κ3) is 3.22. The molecule has 0 aliphatic heterocycles. The van der Waals surface area contributed by atoms with Crippen molar-refractivity contribution in [2.24, 2.45) is 10.9 Å². The Kier molecular flexibility index (Phi) is 3.04. The van der Waals surface area contributed by atoms with E-state index in [1.165, 1.54) is 6.08 Å². The van der Waals surface area contributed by atoms with E-state index >= 15 is 0 Å². The highest BCUT2D eigenvalue weighted by molar-refractivity contribution is 5.72. The van der Waals surface area contributed by atoms with Crippen LogP contribution < -0.4 is 11.1 Å². The SMILES string of the molecule is C=CC(N=O)NC(N)=O. The Morgan fingerprint density at radius 2 is 2.44 bits per heavy atom. The highest BCUT2D eigenvalue weighted by Gasteiger charge is 2.02. The fourth-order valence-corrected chi connectivity index (χ4v) is 0.274. The van der Waals surface area contributed by atoms with Crippen molar-refractivity contribution in [2.45, 2.75) is 6.17 Å². The number of urea groups is 1. The lowest BCUT2D eigenvalue weighted by molar-refractivity contribution is 0.247. The van der Waals surface area contributed by atoms with Crippen molar-refractivity contribution < 1.29 is 4.79 Å². The molecule has 2 amide bonds.